The Labute approximate surface area is 107 Å². The van der Waals surface area contributed by atoms with E-state index in [9.17, 15) is 5.21 Å². The lowest BCUT2D eigenvalue weighted by Crippen LogP contribution is -2.41. The molecule has 1 saturated heterocycles. The van der Waals surface area contributed by atoms with E-state index >= 15 is 0 Å². The molecule has 98 valence electrons. The third-order valence-electron chi connectivity index (χ3n) is 3.65. The lowest BCUT2D eigenvalue weighted by Gasteiger charge is -2.32. The zero-order valence-corrected chi connectivity index (χ0v) is 11.0. The predicted octanol–water partition coefficient (Wildman–Crippen LogP) is 1.68. The Kier molecular flexibility index (Phi) is 3.15. The van der Waals surface area contributed by atoms with E-state index in [2.05, 4.69) is 0 Å². The van der Waals surface area contributed by atoms with Crippen molar-refractivity contribution in [1.82, 2.24) is 0 Å². The Balaban J connectivity index is 2.35. The lowest BCUT2D eigenvalue weighted by molar-refractivity contribution is 0.00578. The minimum Gasteiger partial charge on any atom is -0.734 e. The summed E-state index contributed by atoms with van der Waals surface area (Å²) in [5.41, 5.74) is -0.299. The summed E-state index contributed by atoms with van der Waals surface area (Å²) in [5.74, 6) is 0. The average molecular weight is 250 g/mol. The maximum atomic E-state index is 11.1. The van der Waals surface area contributed by atoms with Gasteiger partial charge >= 0.3 is 7.12 Å². The Bertz CT molecular complexity index is 431. The van der Waals surface area contributed by atoms with Gasteiger partial charge in [0.15, 0.2) is 0 Å². The molecule has 0 radical (unpaired) electrons. The van der Waals surface area contributed by atoms with Crippen molar-refractivity contribution >= 4 is 18.3 Å². The first-order valence-electron chi connectivity index (χ1n) is 5.85. The summed E-state index contributed by atoms with van der Waals surface area (Å²) in [6, 6.07) is 6.67. The maximum absolute atomic E-state index is 11.1. The van der Waals surface area contributed by atoms with Crippen molar-refractivity contribution in [2.75, 3.05) is 5.23 Å². The Morgan fingerprint density at radius 1 is 1.11 bits per heavy atom. The van der Waals surface area contributed by atoms with Gasteiger partial charge in [-0.25, -0.2) is 0 Å². The van der Waals surface area contributed by atoms with Crippen LogP contribution in [0.3, 0.4) is 0 Å². The van der Waals surface area contributed by atoms with Gasteiger partial charge in [0.25, 0.3) is 0 Å². The third-order valence-corrected chi connectivity index (χ3v) is 3.65. The number of rotatable bonds is 2. The second-order valence-corrected chi connectivity index (χ2v) is 5.42. The van der Waals surface area contributed by atoms with E-state index in [0.29, 0.717) is 5.46 Å². The average Bonchev–Trinajstić information content (AvgIpc) is 2.48. The van der Waals surface area contributed by atoms with E-state index in [-0.39, 0.29) is 10.9 Å². The number of hydrogen-bond acceptors (Lipinski definition) is 5. The summed E-state index contributed by atoms with van der Waals surface area (Å²) in [5, 5.41) is 20.0. The molecule has 0 spiro atoms. The fourth-order valence-corrected chi connectivity index (χ4v) is 1.83. The van der Waals surface area contributed by atoms with Crippen molar-refractivity contribution < 1.29 is 14.5 Å². The fourth-order valence-electron chi connectivity index (χ4n) is 1.83. The summed E-state index contributed by atoms with van der Waals surface area (Å²) < 4.78 is 11.7. The van der Waals surface area contributed by atoms with Crippen LogP contribution in [0.25, 0.3) is 0 Å². The summed E-state index contributed by atoms with van der Waals surface area (Å²) in [6.45, 7) is 7.74. The molecule has 0 amide bonds. The summed E-state index contributed by atoms with van der Waals surface area (Å²) >= 11 is 0. The molecule has 1 aromatic rings. The number of hydrogen-bond donors (Lipinski definition) is 1. The number of benzene rings is 1. The Hall–Kier alpha value is -1.08. The van der Waals surface area contributed by atoms with E-state index in [4.69, 9.17) is 14.5 Å². The van der Waals surface area contributed by atoms with Crippen molar-refractivity contribution in [2.45, 2.75) is 38.9 Å². The Morgan fingerprint density at radius 2 is 1.61 bits per heavy atom. The molecule has 0 aliphatic carbocycles. The molecule has 0 aromatic heterocycles. The summed E-state index contributed by atoms with van der Waals surface area (Å²) in [7, 11) is -0.658. The number of para-hydroxylation sites is 1. The Morgan fingerprint density at radius 3 is 2.11 bits per heavy atom. The van der Waals surface area contributed by atoms with Crippen LogP contribution in [-0.2, 0) is 9.31 Å². The first-order chi connectivity index (χ1) is 8.24. The molecule has 1 N–H and O–H groups in total. The van der Waals surface area contributed by atoms with Gasteiger partial charge in [0, 0.05) is 5.46 Å². The molecule has 6 heteroatoms. The smallest absolute Gasteiger partial charge is 0.497 e. The van der Waals surface area contributed by atoms with Gasteiger partial charge in [-0.3, -0.25) is 5.21 Å². The van der Waals surface area contributed by atoms with Crippen molar-refractivity contribution in [3.63, 3.8) is 0 Å². The van der Waals surface area contributed by atoms with Gasteiger partial charge in [-0.2, -0.15) is 0 Å². The molecule has 1 aliphatic heterocycles. The minimum absolute atomic E-state index is 0.135. The molecule has 0 saturated carbocycles. The molecule has 0 unspecified atom stereocenters. The van der Waals surface area contributed by atoms with Crippen LogP contribution in [-0.4, -0.2) is 23.5 Å². The van der Waals surface area contributed by atoms with Gasteiger partial charge in [-0.15, -0.1) is 0 Å². The molecule has 0 bridgehead atoms. The van der Waals surface area contributed by atoms with Gasteiger partial charge in [0.2, 0.25) is 0 Å². The molecule has 5 nitrogen and oxygen atoms in total. The van der Waals surface area contributed by atoms with Gasteiger partial charge in [0.1, 0.15) is 0 Å². The first-order valence-corrected chi connectivity index (χ1v) is 5.85. The van der Waals surface area contributed by atoms with Crippen molar-refractivity contribution in [2.24, 2.45) is 0 Å². The van der Waals surface area contributed by atoms with Crippen LogP contribution in [0.15, 0.2) is 24.3 Å². The second kappa shape index (κ2) is 4.24. The number of nitrogens with zero attached hydrogens (tertiary/aromatic N) is 1. The van der Waals surface area contributed by atoms with E-state index in [0.717, 1.165) is 0 Å². The largest absolute Gasteiger partial charge is 0.734 e. The van der Waals surface area contributed by atoms with Gasteiger partial charge in [0.05, 0.1) is 16.9 Å². The second-order valence-electron chi connectivity index (χ2n) is 5.42. The topological polar surface area (TPSA) is 65.0 Å². The lowest BCUT2D eigenvalue weighted by atomic mass is 9.78. The normalized spacial score (nSPS) is 21.1. The molecular weight excluding hydrogens is 233 g/mol. The van der Waals surface area contributed by atoms with Crippen LogP contribution in [0.1, 0.15) is 27.7 Å². The molecular formula is C12H17BNO4-. The van der Waals surface area contributed by atoms with Crippen LogP contribution in [0.5, 0.6) is 0 Å². The molecule has 1 heterocycles. The summed E-state index contributed by atoms with van der Waals surface area (Å²) in [6.07, 6.45) is 0. The zero-order chi connectivity index (χ0) is 13.6. The summed E-state index contributed by atoms with van der Waals surface area (Å²) in [4.78, 5) is 0. The highest BCUT2D eigenvalue weighted by Crippen LogP contribution is 2.37. The standard InChI is InChI=1S/C12H17BNO4/c1-11(2)12(3,4)18-13(17-11)9-7-5-6-8-10(9)14(15)16/h5-8,15H,1-4H3/q-1. The van der Waals surface area contributed by atoms with Crippen LogP contribution in [0.4, 0.5) is 5.69 Å². The molecule has 2 rings (SSSR count). The molecule has 0 atom stereocenters. The highest BCUT2D eigenvalue weighted by Gasteiger charge is 2.52. The van der Waals surface area contributed by atoms with Crippen molar-refractivity contribution in [1.29, 1.82) is 0 Å². The fraction of sp³-hybridized carbons (Fsp3) is 0.500. The van der Waals surface area contributed by atoms with Crippen LogP contribution >= 0.6 is 0 Å². The van der Waals surface area contributed by atoms with E-state index in [1.807, 2.05) is 27.7 Å². The molecule has 1 aromatic carbocycles. The van der Waals surface area contributed by atoms with E-state index < -0.39 is 18.3 Å². The van der Waals surface area contributed by atoms with Gasteiger partial charge in [-0.1, -0.05) is 18.2 Å². The van der Waals surface area contributed by atoms with Crippen LogP contribution < -0.4 is 10.7 Å². The highest BCUT2D eigenvalue weighted by molar-refractivity contribution is 6.63. The maximum Gasteiger partial charge on any atom is 0.497 e. The van der Waals surface area contributed by atoms with Crippen molar-refractivity contribution in [3.05, 3.63) is 29.5 Å². The minimum atomic E-state index is -0.658. The molecule has 1 aliphatic rings. The number of anilines is 1. The molecule has 18 heavy (non-hydrogen) atoms. The van der Waals surface area contributed by atoms with Crippen LogP contribution in [0.2, 0.25) is 0 Å². The van der Waals surface area contributed by atoms with Crippen molar-refractivity contribution in [3.8, 4) is 0 Å². The van der Waals surface area contributed by atoms with Gasteiger partial charge in [-0.05, 0) is 33.8 Å². The quantitative estimate of drug-likeness (QED) is 0.639. The zero-order valence-electron chi connectivity index (χ0n) is 11.0. The molecule has 1 fully saturated rings. The monoisotopic (exact) mass is 250 g/mol. The highest BCUT2D eigenvalue weighted by atomic mass is 16.8. The SMILES string of the molecule is CC1(C)OB(c2ccccc2N([O-])O)OC1(C)C. The van der Waals surface area contributed by atoms with Crippen LogP contribution in [0, 0.1) is 5.21 Å². The first kappa shape index (κ1) is 13.4. The van der Waals surface area contributed by atoms with E-state index in [1.54, 1.807) is 18.2 Å². The predicted molar refractivity (Wildman–Crippen MR) is 69.8 cm³/mol. The third kappa shape index (κ3) is 2.12. The van der Waals surface area contributed by atoms with Gasteiger partial charge < -0.3 is 19.7 Å². The van der Waals surface area contributed by atoms with E-state index in [1.165, 1.54) is 6.07 Å².